The van der Waals surface area contributed by atoms with Crippen molar-refractivity contribution in [2.24, 2.45) is 11.5 Å². The lowest BCUT2D eigenvalue weighted by Crippen LogP contribution is -2.41. The van der Waals surface area contributed by atoms with Crippen LogP contribution in [0, 0.1) is 6.92 Å². The zero-order valence-electron chi connectivity index (χ0n) is 11.1. The first-order chi connectivity index (χ1) is 9.43. The van der Waals surface area contributed by atoms with Gasteiger partial charge < -0.3 is 16.8 Å². The average molecular weight is 275 g/mol. The summed E-state index contributed by atoms with van der Waals surface area (Å²) >= 11 is 0. The SMILES string of the molecule is Cc1cccc(/C=C(/CC(NC=O)C(N)=O)C(N)=O)c1. The van der Waals surface area contributed by atoms with Crippen LogP contribution in [-0.4, -0.2) is 24.3 Å². The summed E-state index contributed by atoms with van der Waals surface area (Å²) in [7, 11) is 0. The predicted octanol–water partition coefficient (Wildman–Crippen LogP) is -0.146. The number of carbonyl (C=O) groups is 3. The first-order valence-electron chi connectivity index (χ1n) is 6.00. The highest BCUT2D eigenvalue weighted by atomic mass is 16.2. The Morgan fingerprint density at radius 1 is 1.35 bits per heavy atom. The quantitative estimate of drug-likeness (QED) is 0.475. The first kappa shape index (κ1) is 15.4. The van der Waals surface area contributed by atoms with Crippen molar-refractivity contribution in [3.63, 3.8) is 0 Å². The van der Waals surface area contributed by atoms with Crippen LogP contribution in [0.3, 0.4) is 0 Å². The smallest absolute Gasteiger partial charge is 0.244 e. The molecule has 0 saturated heterocycles. The average Bonchev–Trinajstić information content (AvgIpc) is 2.36. The lowest BCUT2D eigenvalue weighted by Gasteiger charge is -2.13. The van der Waals surface area contributed by atoms with E-state index in [9.17, 15) is 14.4 Å². The molecule has 6 heteroatoms. The van der Waals surface area contributed by atoms with E-state index in [1.54, 1.807) is 6.08 Å². The predicted molar refractivity (Wildman–Crippen MR) is 75.1 cm³/mol. The van der Waals surface area contributed by atoms with Crippen molar-refractivity contribution in [2.45, 2.75) is 19.4 Å². The molecule has 106 valence electrons. The van der Waals surface area contributed by atoms with Crippen LogP contribution in [0.1, 0.15) is 17.5 Å². The van der Waals surface area contributed by atoms with Gasteiger partial charge in [-0.05, 0) is 18.6 Å². The maximum Gasteiger partial charge on any atom is 0.244 e. The lowest BCUT2D eigenvalue weighted by molar-refractivity contribution is -0.122. The van der Waals surface area contributed by atoms with Gasteiger partial charge in [0.25, 0.3) is 0 Å². The number of primary amides is 2. The summed E-state index contributed by atoms with van der Waals surface area (Å²) < 4.78 is 0. The third-order valence-corrected chi connectivity index (χ3v) is 2.74. The molecule has 0 fully saturated rings. The maximum absolute atomic E-state index is 11.4. The third-order valence-electron chi connectivity index (χ3n) is 2.74. The highest BCUT2D eigenvalue weighted by molar-refractivity contribution is 5.98. The molecule has 3 amide bonds. The van der Waals surface area contributed by atoms with Crippen LogP contribution in [0.4, 0.5) is 0 Å². The van der Waals surface area contributed by atoms with Crippen LogP contribution in [0.5, 0.6) is 0 Å². The zero-order valence-corrected chi connectivity index (χ0v) is 11.1. The Labute approximate surface area is 116 Å². The van der Waals surface area contributed by atoms with E-state index in [4.69, 9.17) is 11.5 Å². The Hall–Kier alpha value is -2.63. The van der Waals surface area contributed by atoms with Gasteiger partial charge >= 0.3 is 0 Å². The van der Waals surface area contributed by atoms with E-state index in [0.29, 0.717) is 6.41 Å². The number of nitrogens with two attached hydrogens (primary N) is 2. The van der Waals surface area contributed by atoms with Crippen LogP contribution in [0.15, 0.2) is 29.8 Å². The Balaban J connectivity index is 3.02. The standard InChI is InChI=1S/C14H17N3O3/c1-9-3-2-4-10(5-9)6-11(13(15)19)7-12(14(16)20)17-8-18/h2-6,8,12H,7H2,1H3,(H2,15,19)(H2,16,20)(H,17,18)/b11-6-. The molecule has 0 bridgehead atoms. The van der Waals surface area contributed by atoms with Crippen molar-refractivity contribution < 1.29 is 14.4 Å². The number of amides is 3. The molecule has 1 unspecified atom stereocenters. The van der Waals surface area contributed by atoms with Gasteiger partial charge in [0.15, 0.2) is 0 Å². The molecule has 0 aliphatic carbocycles. The molecule has 0 spiro atoms. The molecule has 1 atom stereocenters. The Morgan fingerprint density at radius 2 is 2.05 bits per heavy atom. The van der Waals surface area contributed by atoms with E-state index >= 15 is 0 Å². The molecule has 20 heavy (non-hydrogen) atoms. The second-order valence-electron chi connectivity index (χ2n) is 4.39. The largest absolute Gasteiger partial charge is 0.368 e. The highest BCUT2D eigenvalue weighted by Gasteiger charge is 2.18. The number of rotatable bonds is 7. The molecule has 0 aromatic heterocycles. The van der Waals surface area contributed by atoms with Crippen LogP contribution in [0.2, 0.25) is 0 Å². The molecule has 6 nitrogen and oxygen atoms in total. The lowest BCUT2D eigenvalue weighted by atomic mass is 10.0. The monoisotopic (exact) mass is 275 g/mol. The summed E-state index contributed by atoms with van der Waals surface area (Å²) in [4.78, 5) is 33.0. The molecule has 1 aromatic carbocycles. The molecule has 0 saturated carbocycles. The first-order valence-corrected chi connectivity index (χ1v) is 6.00. The highest BCUT2D eigenvalue weighted by Crippen LogP contribution is 2.13. The van der Waals surface area contributed by atoms with Crippen molar-refractivity contribution in [3.8, 4) is 0 Å². The molecule has 1 rings (SSSR count). The molecule has 5 N–H and O–H groups in total. The second kappa shape index (κ2) is 7.08. The van der Waals surface area contributed by atoms with E-state index in [-0.39, 0.29) is 12.0 Å². The van der Waals surface area contributed by atoms with Crippen LogP contribution in [-0.2, 0) is 14.4 Å². The summed E-state index contributed by atoms with van der Waals surface area (Å²) in [5.74, 6) is -1.39. The van der Waals surface area contributed by atoms with Gasteiger partial charge in [-0.25, -0.2) is 0 Å². The van der Waals surface area contributed by atoms with Gasteiger partial charge in [0.2, 0.25) is 18.2 Å². The molecule has 1 aromatic rings. The molecule has 0 aliphatic heterocycles. The van der Waals surface area contributed by atoms with Crippen molar-refractivity contribution >= 4 is 24.3 Å². The summed E-state index contributed by atoms with van der Waals surface area (Å²) in [6, 6.07) is 6.48. The van der Waals surface area contributed by atoms with Crippen molar-refractivity contribution in [2.75, 3.05) is 0 Å². The van der Waals surface area contributed by atoms with E-state index in [1.165, 1.54) is 0 Å². The maximum atomic E-state index is 11.4. The summed E-state index contributed by atoms with van der Waals surface area (Å²) in [5, 5.41) is 2.26. The number of nitrogens with one attached hydrogen (secondary N) is 1. The third kappa shape index (κ3) is 4.56. The fourth-order valence-electron chi connectivity index (χ4n) is 1.74. The minimum Gasteiger partial charge on any atom is -0.368 e. The van der Waals surface area contributed by atoms with E-state index in [2.05, 4.69) is 5.32 Å². The van der Waals surface area contributed by atoms with Crippen molar-refractivity contribution in [1.82, 2.24) is 5.32 Å². The number of hydrogen-bond donors (Lipinski definition) is 3. The molecule has 0 aliphatic rings. The van der Waals surface area contributed by atoms with Gasteiger partial charge in [-0.2, -0.15) is 0 Å². The van der Waals surface area contributed by atoms with Crippen LogP contribution >= 0.6 is 0 Å². The van der Waals surface area contributed by atoms with Gasteiger partial charge in [0.05, 0.1) is 0 Å². The molecule has 0 radical (unpaired) electrons. The minimum atomic E-state index is -0.962. The fraction of sp³-hybridized carbons (Fsp3) is 0.214. The molecule has 0 heterocycles. The Morgan fingerprint density at radius 3 is 2.55 bits per heavy atom. The van der Waals surface area contributed by atoms with Crippen LogP contribution in [0.25, 0.3) is 6.08 Å². The number of hydrogen-bond acceptors (Lipinski definition) is 3. The topological polar surface area (TPSA) is 115 Å². The summed E-state index contributed by atoms with van der Waals surface area (Å²) in [6.07, 6.45) is 1.90. The van der Waals surface area contributed by atoms with E-state index in [0.717, 1.165) is 11.1 Å². The molecular formula is C14H17N3O3. The van der Waals surface area contributed by atoms with Crippen molar-refractivity contribution in [1.29, 1.82) is 0 Å². The van der Waals surface area contributed by atoms with Gasteiger partial charge in [-0.3, -0.25) is 14.4 Å². The zero-order chi connectivity index (χ0) is 15.1. The van der Waals surface area contributed by atoms with Gasteiger partial charge in [0.1, 0.15) is 6.04 Å². The second-order valence-corrected chi connectivity index (χ2v) is 4.39. The van der Waals surface area contributed by atoms with Gasteiger partial charge in [-0.15, -0.1) is 0 Å². The van der Waals surface area contributed by atoms with Crippen molar-refractivity contribution in [3.05, 3.63) is 41.0 Å². The van der Waals surface area contributed by atoms with Crippen LogP contribution < -0.4 is 16.8 Å². The van der Waals surface area contributed by atoms with Gasteiger partial charge in [0, 0.05) is 12.0 Å². The minimum absolute atomic E-state index is 0.0443. The number of carbonyl (C=O) groups excluding carboxylic acids is 3. The summed E-state index contributed by atoms with van der Waals surface area (Å²) in [6.45, 7) is 1.92. The van der Waals surface area contributed by atoms with E-state index < -0.39 is 17.9 Å². The van der Waals surface area contributed by atoms with Gasteiger partial charge in [-0.1, -0.05) is 29.8 Å². The molecular weight excluding hydrogens is 258 g/mol. The Kier molecular flexibility index (Phi) is 5.46. The number of aryl methyl sites for hydroxylation is 1. The normalized spacial score (nSPS) is 12.6. The number of benzene rings is 1. The summed E-state index contributed by atoms with van der Waals surface area (Å²) in [5.41, 5.74) is 12.5. The Bertz CT molecular complexity index is 552. The fourth-order valence-corrected chi connectivity index (χ4v) is 1.74. The van der Waals surface area contributed by atoms with E-state index in [1.807, 2.05) is 31.2 Å².